The maximum Gasteiger partial charge on any atom is 0.335 e. The van der Waals surface area contributed by atoms with Gasteiger partial charge in [0.2, 0.25) is 5.91 Å². The molecule has 0 spiro atoms. The fourth-order valence-electron chi connectivity index (χ4n) is 3.12. The molecule has 0 aliphatic rings. The standard InChI is InChI=1S/C24H27N2O6P/c1-4-30-33(28,31-5-2)17-18-6-11-21(12-7-18)26-23(27)15-10-20-16-25-32-24(20)19-8-13-22(29-3)14-9-19/h6-16H,4-5,17H2,1-3H3,(H,26,27)/b15-10+. The lowest BCUT2D eigenvalue weighted by atomic mass is 10.1. The summed E-state index contributed by atoms with van der Waals surface area (Å²) in [6.45, 7) is 4.17. The Morgan fingerprint density at radius 1 is 1.06 bits per heavy atom. The predicted molar refractivity (Wildman–Crippen MR) is 127 cm³/mol. The molecule has 174 valence electrons. The van der Waals surface area contributed by atoms with Gasteiger partial charge in [-0.1, -0.05) is 17.3 Å². The van der Waals surface area contributed by atoms with Gasteiger partial charge in [-0.2, -0.15) is 0 Å². The van der Waals surface area contributed by atoms with E-state index in [9.17, 15) is 9.36 Å². The quantitative estimate of drug-likeness (QED) is 0.281. The largest absolute Gasteiger partial charge is 0.497 e. The number of nitrogens with one attached hydrogen (secondary N) is 1. The van der Waals surface area contributed by atoms with Crippen molar-refractivity contribution in [2.75, 3.05) is 25.6 Å². The molecule has 0 atom stereocenters. The van der Waals surface area contributed by atoms with E-state index in [1.54, 1.807) is 57.5 Å². The molecule has 2 aromatic carbocycles. The van der Waals surface area contributed by atoms with Crippen molar-refractivity contribution in [1.29, 1.82) is 0 Å². The van der Waals surface area contributed by atoms with Crippen LogP contribution in [0.25, 0.3) is 17.4 Å². The van der Waals surface area contributed by atoms with E-state index in [0.717, 1.165) is 16.9 Å². The van der Waals surface area contributed by atoms with Gasteiger partial charge in [0.05, 0.1) is 32.7 Å². The second kappa shape index (κ2) is 11.6. The molecule has 8 nitrogen and oxygen atoms in total. The number of hydrogen-bond donors (Lipinski definition) is 1. The van der Waals surface area contributed by atoms with E-state index < -0.39 is 7.60 Å². The first-order chi connectivity index (χ1) is 16.0. The van der Waals surface area contributed by atoms with Crippen molar-refractivity contribution >= 4 is 25.3 Å². The van der Waals surface area contributed by atoms with Crippen molar-refractivity contribution in [1.82, 2.24) is 5.16 Å². The van der Waals surface area contributed by atoms with E-state index in [4.69, 9.17) is 18.3 Å². The topological polar surface area (TPSA) is 99.9 Å². The predicted octanol–water partition coefficient (Wildman–Crippen LogP) is 5.77. The van der Waals surface area contributed by atoms with E-state index in [-0.39, 0.29) is 12.1 Å². The van der Waals surface area contributed by atoms with Crippen LogP contribution in [0.15, 0.2) is 65.3 Å². The Balaban J connectivity index is 1.62. The minimum absolute atomic E-state index is 0.171. The van der Waals surface area contributed by atoms with Crippen LogP contribution in [0, 0.1) is 0 Å². The number of carbonyl (C=O) groups is 1. The Bertz CT molecular complexity index is 1110. The van der Waals surface area contributed by atoms with Crippen LogP contribution < -0.4 is 10.1 Å². The molecule has 1 N–H and O–H groups in total. The van der Waals surface area contributed by atoms with Crippen LogP contribution in [0.3, 0.4) is 0 Å². The molecular formula is C24H27N2O6P. The van der Waals surface area contributed by atoms with Crippen LogP contribution in [-0.2, 0) is 24.6 Å². The van der Waals surface area contributed by atoms with Gasteiger partial charge in [-0.05, 0) is 61.9 Å². The third-order valence-corrected chi connectivity index (χ3v) is 6.67. The maximum absolute atomic E-state index is 12.7. The number of aromatic nitrogens is 1. The fourth-order valence-corrected chi connectivity index (χ4v) is 4.82. The first-order valence-corrected chi connectivity index (χ1v) is 12.2. The Kier molecular flexibility index (Phi) is 8.60. The van der Waals surface area contributed by atoms with Crippen LogP contribution in [0.5, 0.6) is 5.75 Å². The Morgan fingerprint density at radius 3 is 2.33 bits per heavy atom. The van der Waals surface area contributed by atoms with Crippen molar-refractivity contribution in [3.8, 4) is 17.1 Å². The number of rotatable bonds is 11. The maximum atomic E-state index is 12.7. The van der Waals surface area contributed by atoms with E-state index in [1.165, 1.54) is 6.08 Å². The normalized spacial score (nSPS) is 11.6. The summed E-state index contributed by atoms with van der Waals surface area (Å²) in [6, 6.07) is 14.4. The molecule has 0 radical (unpaired) electrons. The molecule has 33 heavy (non-hydrogen) atoms. The molecular weight excluding hydrogens is 443 g/mol. The number of benzene rings is 2. The second-order valence-corrected chi connectivity index (χ2v) is 9.02. The Morgan fingerprint density at radius 2 is 1.73 bits per heavy atom. The minimum Gasteiger partial charge on any atom is -0.497 e. The highest BCUT2D eigenvalue weighted by atomic mass is 31.2. The van der Waals surface area contributed by atoms with Gasteiger partial charge in [-0.25, -0.2) is 0 Å². The Labute approximate surface area is 193 Å². The number of methoxy groups -OCH3 is 1. The zero-order valence-corrected chi connectivity index (χ0v) is 19.7. The lowest BCUT2D eigenvalue weighted by molar-refractivity contribution is -0.111. The zero-order valence-electron chi connectivity index (χ0n) is 18.8. The summed E-state index contributed by atoms with van der Waals surface area (Å²) in [5.74, 6) is 0.984. The van der Waals surface area contributed by atoms with Crippen molar-refractivity contribution in [2.24, 2.45) is 0 Å². The highest BCUT2D eigenvalue weighted by Crippen LogP contribution is 2.51. The van der Waals surface area contributed by atoms with Gasteiger partial charge in [0.15, 0.2) is 5.76 Å². The van der Waals surface area contributed by atoms with Gasteiger partial charge >= 0.3 is 7.60 Å². The van der Waals surface area contributed by atoms with Crippen molar-refractivity contribution in [3.63, 3.8) is 0 Å². The minimum atomic E-state index is -3.18. The van der Waals surface area contributed by atoms with Gasteiger partial charge < -0.3 is 23.6 Å². The molecule has 3 aromatic rings. The number of anilines is 1. The molecule has 0 aliphatic heterocycles. The van der Waals surface area contributed by atoms with E-state index in [0.29, 0.717) is 30.2 Å². The highest BCUT2D eigenvalue weighted by molar-refractivity contribution is 7.53. The van der Waals surface area contributed by atoms with Crippen molar-refractivity contribution in [3.05, 3.63) is 71.9 Å². The van der Waals surface area contributed by atoms with Crippen molar-refractivity contribution in [2.45, 2.75) is 20.0 Å². The zero-order chi connectivity index (χ0) is 23.7. The number of amides is 1. The second-order valence-electron chi connectivity index (χ2n) is 6.96. The first-order valence-electron chi connectivity index (χ1n) is 10.5. The molecule has 0 fully saturated rings. The average molecular weight is 470 g/mol. The summed E-state index contributed by atoms with van der Waals surface area (Å²) in [4.78, 5) is 12.4. The van der Waals surface area contributed by atoms with Gasteiger partial charge in [0.25, 0.3) is 0 Å². The molecule has 0 unspecified atom stereocenters. The van der Waals surface area contributed by atoms with Crippen molar-refractivity contribution < 1.29 is 27.7 Å². The molecule has 3 rings (SSSR count). The first kappa shape index (κ1) is 24.5. The third-order valence-electron chi connectivity index (χ3n) is 4.61. The van der Waals surface area contributed by atoms with E-state index in [1.807, 2.05) is 24.3 Å². The molecule has 1 heterocycles. The fraction of sp³-hybridized carbons (Fsp3) is 0.250. The van der Waals surface area contributed by atoms with Gasteiger partial charge in [-0.3, -0.25) is 9.36 Å². The summed E-state index contributed by atoms with van der Waals surface area (Å²) in [5, 5.41) is 6.63. The van der Waals surface area contributed by atoms with Crippen LogP contribution in [0.4, 0.5) is 5.69 Å². The summed E-state index contributed by atoms with van der Waals surface area (Å²) in [5.41, 5.74) is 2.90. The monoisotopic (exact) mass is 470 g/mol. The molecule has 1 amide bonds. The van der Waals surface area contributed by atoms with Crippen LogP contribution in [0.1, 0.15) is 25.0 Å². The van der Waals surface area contributed by atoms with Gasteiger partial charge in [0, 0.05) is 22.9 Å². The summed E-state index contributed by atoms with van der Waals surface area (Å²) in [7, 11) is -1.58. The lowest BCUT2D eigenvalue weighted by Gasteiger charge is -2.17. The number of carbonyl (C=O) groups excluding carboxylic acids is 1. The molecule has 0 saturated carbocycles. The summed E-state index contributed by atoms with van der Waals surface area (Å²) < 4.78 is 33.8. The molecule has 0 bridgehead atoms. The third kappa shape index (κ3) is 6.89. The number of hydrogen-bond acceptors (Lipinski definition) is 7. The van der Waals surface area contributed by atoms with Gasteiger partial charge in [0.1, 0.15) is 5.75 Å². The van der Waals surface area contributed by atoms with E-state index >= 15 is 0 Å². The smallest absolute Gasteiger partial charge is 0.335 e. The summed E-state index contributed by atoms with van der Waals surface area (Å²) >= 11 is 0. The molecule has 0 aliphatic carbocycles. The molecule has 1 aromatic heterocycles. The van der Waals surface area contributed by atoms with Crippen LogP contribution in [-0.4, -0.2) is 31.4 Å². The van der Waals surface area contributed by atoms with E-state index in [2.05, 4.69) is 10.5 Å². The van der Waals surface area contributed by atoms with Gasteiger partial charge in [-0.15, -0.1) is 0 Å². The SMILES string of the molecule is CCOP(=O)(Cc1ccc(NC(=O)/C=C/c2cnoc2-c2ccc(OC)cc2)cc1)OCC. The lowest BCUT2D eigenvalue weighted by Crippen LogP contribution is -2.07. The summed E-state index contributed by atoms with van der Waals surface area (Å²) in [6.07, 6.45) is 4.77. The number of ether oxygens (including phenoxy) is 1. The Hall–Kier alpha value is -3.19. The average Bonchev–Trinajstić information content (AvgIpc) is 3.28. The highest BCUT2D eigenvalue weighted by Gasteiger charge is 2.23. The molecule has 0 saturated heterocycles. The molecule has 9 heteroatoms. The van der Waals surface area contributed by atoms with Crippen LogP contribution >= 0.6 is 7.60 Å². The number of nitrogens with zero attached hydrogens (tertiary/aromatic N) is 1. The van der Waals surface area contributed by atoms with Crippen LogP contribution in [0.2, 0.25) is 0 Å².